The van der Waals surface area contributed by atoms with Crippen molar-refractivity contribution in [3.05, 3.63) is 53.9 Å². The predicted molar refractivity (Wildman–Crippen MR) is 209 cm³/mol. The molecule has 0 radical (unpaired) electrons. The molecule has 16 nitrogen and oxygen atoms in total. The quantitative estimate of drug-likeness (QED) is 0.251. The summed E-state index contributed by atoms with van der Waals surface area (Å²) in [5.41, 5.74) is -0.828. The van der Waals surface area contributed by atoms with Crippen LogP contribution in [-0.2, 0) is 31.5 Å². The third kappa shape index (κ3) is 8.88. The van der Waals surface area contributed by atoms with E-state index in [0.717, 1.165) is 6.42 Å². The number of benzene rings is 1. The summed E-state index contributed by atoms with van der Waals surface area (Å²) >= 11 is 0. The topological polar surface area (TPSA) is 200 Å². The first-order valence-corrected chi connectivity index (χ1v) is 21.3. The highest BCUT2D eigenvalue weighted by Gasteiger charge is 2.63. The van der Waals surface area contributed by atoms with Crippen LogP contribution in [0.4, 0.5) is 13.2 Å². The number of carbonyl (C=O) groups is 4. The molecule has 4 amide bonds. The lowest BCUT2D eigenvalue weighted by atomic mass is 10.0. The molecule has 3 fully saturated rings. The molecule has 1 saturated heterocycles. The van der Waals surface area contributed by atoms with Crippen LogP contribution in [0, 0.1) is 12.8 Å². The first-order chi connectivity index (χ1) is 28.3. The summed E-state index contributed by atoms with van der Waals surface area (Å²) in [5.74, 6) is -3.30. The van der Waals surface area contributed by atoms with E-state index in [1.807, 2.05) is 6.08 Å². The lowest BCUT2D eigenvalue weighted by molar-refractivity contribution is -0.154. The van der Waals surface area contributed by atoms with E-state index in [0.29, 0.717) is 48.8 Å². The molecule has 0 unspecified atom stereocenters. The summed E-state index contributed by atoms with van der Waals surface area (Å²) in [6.07, 6.45) is 3.18. The van der Waals surface area contributed by atoms with Gasteiger partial charge in [0.05, 0.1) is 23.9 Å². The zero-order valence-corrected chi connectivity index (χ0v) is 34.5. The first kappa shape index (κ1) is 42.7. The van der Waals surface area contributed by atoms with E-state index in [9.17, 15) is 40.8 Å². The number of rotatable bonds is 10. The summed E-state index contributed by atoms with van der Waals surface area (Å²) in [7, 11) is -0.998. The largest absolute Gasteiger partial charge is 0.496 e. The number of aromatic nitrogens is 3. The van der Waals surface area contributed by atoms with Gasteiger partial charge in [0.1, 0.15) is 40.9 Å². The average Bonchev–Trinajstić information content (AvgIpc) is 3.99. The summed E-state index contributed by atoms with van der Waals surface area (Å²) < 4.78 is 85.6. The van der Waals surface area contributed by atoms with Gasteiger partial charge in [0.2, 0.25) is 27.7 Å². The van der Waals surface area contributed by atoms with E-state index in [4.69, 9.17) is 14.2 Å². The van der Waals surface area contributed by atoms with Crippen LogP contribution >= 0.6 is 0 Å². The van der Waals surface area contributed by atoms with Crippen LogP contribution in [0.2, 0.25) is 0 Å². The van der Waals surface area contributed by atoms with Gasteiger partial charge in [-0.15, -0.1) is 0 Å². The fourth-order valence-corrected chi connectivity index (χ4v) is 9.11. The van der Waals surface area contributed by atoms with Crippen molar-refractivity contribution in [3.8, 4) is 17.4 Å². The Bertz CT molecular complexity index is 2330. The Morgan fingerprint density at radius 1 is 1.10 bits per heavy atom. The fourth-order valence-electron chi connectivity index (χ4n) is 7.80. The van der Waals surface area contributed by atoms with Gasteiger partial charge in [-0.05, 0) is 70.6 Å². The van der Waals surface area contributed by atoms with Crippen LogP contribution in [0.5, 0.6) is 17.4 Å². The normalized spacial score (nSPS) is 25.6. The maximum atomic E-state index is 14.7. The summed E-state index contributed by atoms with van der Waals surface area (Å²) in [6, 6.07) is 3.56. The number of nitrogens with zero attached hydrogens (tertiary/aromatic N) is 4. The zero-order chi connectivity index (χ0) is 43.2. The number of alkyl halides is 3. The van der Waals surface area contributed by atoms with E-state index in [-0.39, 0.29) is 48.6 Å². The second-order valence-corrected chi connectivity index (χ2v) is 18.5. The highest BCUT2D eigenvalue weighted by Crippen LogP contribution is 2.48. The number of methoxy groups -OCH3 is 1. The smallest absolute Gasteiger partial charge is 0.422 e. The van der Waals surface area contributed by atoms with Gasteiger partial charge >= 0.3 is 6.18 Å². The first-order valence-electron chi connectivity index (χ1n) is 19.8. The molecule has 4 aliphatic rings. The molecule has 324 valence electrons. The Morgan fingerprint density at radius 3 is 2.55 bits per heavy atom. The molecule has 0 bridgehead atoms. The van der Waals surface area contributed by atoms with E-state index in [2.05, 4.69) is 25.4 Å². The molecular weight excluding hydrogens is 812 g/mol. The number of sulfonamides is 1. The van der Waals surface area contributed by atoms with Gasteiger partial charge in [-0.2, -0.15) is 18.3 Å². The molecular formula is C40H48F3N7O9S. The number of carbonyl (C=O) groups excluding carboxylic acids is 4. The Labute approximate surface area is 344 Å². The number of halogens is 3. The van der Waals surface area contributed by atoms with Gasteiger partial charge in [-0.25, -0.2) is 13.4 Å². The van der Waals surface area contributed by atoms with E-state index >= 15 is 0 Å². The van der Waals surface area contributed by atoms with Crippen molar-refractivity contribution in [3.63, 3.8) is 0 Å². The second kappa shape index (κ2) is 16.2. The van der Waals surface area contributed by atoms with Gasteiger partial charge < -0.3 is 29.7 Å². The van der Waals surface area contributed by atoms with Gasteiger partial charge in [0.15, 0.2) is 6.61 Å². The minimum atomic E-state index is -4.67. The molecule has 3 aromatic rings. The van der Waals surface area contributed by atoms with Gasteiger partial charge in [-0.3, -0.25) is 28.6 Å². The van der Waals surface area contributed by atoms with Crippen LogP contribution in [0.1, 0.15) is 80.8 Å². The number of ether oxygens (including phenoxy) is 3. The minimum Gasteiger partial charge on any atom is -0.496 e. The maximum Gasteiger partial charge on any atom is 0.422 e. The highest BCUT2D eigenvalue weighted by atomic mass is 32.2. The lowest BCUT2D eigenvalue weighted by Crippen LogP contribution is -2.58. The molecule has 2 saturated carbocycles. The molecule has 0 spiro atoms. The fraction of sp³-hybridized carbons (Fsp3) is 0.550. The molecule has 60 heavy (non-hydrogen) atoms. The average molecular weight is 860 g/mol. The van der Waals surface area contributed by atoms with Gasteiger partial charge in [0.25, 0.3) is 11.8 Å². The van der Waals surface area contributed by atoms with Gasteiger partial charge in [0, 0.05) is 42.6 Å². The van der Waals surface area contributed by atoms with Crippen molar-refractivity contribution in [1.82, 2.24) is 35.0 Å². The molecule has 4 heterocycles. The van der Waals surface area contributed by atoms with E-state index < -0.39 is 80.8 Å². The predicted octanol–water partition coefficient (Wildman–Crippen LogP) is 3.77. The third-order valence-corrected chi connectivity index (χ3v) is 13.9. The number of hydrogen-bond donors (Lipinski definition) is 3. The van der Waals surface area contributed by atoms with E-state index in [1.165, 1.54) is 28.8 Å². The number of amides is 4. The van der Waals surface area contributed by atoms with Crippen molar-refractivity contribution >= 4 is 44.6 Å². The van der Waals surface area contributed by atoms with Crippen LogP contribution in [0.3, 0.4) is 0 Å². The number of hydrogen-bond acceptors (Lipinski definition) is 11. The summed E-state index contributed by atoms with van der Waals surface area (Å²) in [6.45, 7) is 1.38. The van der Waals surface area contributed by atoms with Crippen molar-refractivity contribution in [2.75, 3.05) is 20.3 Å². The standard InChI is InChI=1S/C40H48F3N7O9S/c1-23-30(57-4)13-12-26-31(19-32(45-33(23)26)58-22-40(41,42)43)59-25-18-29-35(52)46-39(37(54)48-60(55,56)38(2)15-16-38)20-24(39)10-8-6-5-7-9-11-28(36(53)50(29)21-25)44-34(51)27-14-17-49(3)47-27/h8,10,12-14,17,19,24-25,28-29H,5-7,9,11,15-16,18,20-22H2,1-4H3,(H,44,51)(H,46,52)(H,48,54)/t24-,25-,28+,29+,39-/m1/s1. The van der Waals surface area contributed by atoms with Crippen molar-refractivity contribution in [2.24, 2.45) is 13.0 Å². The Morgan fingerprint density at radius 2 is 1.87 bits per heavy atom. The molecule has 7 rings (SSSR count). The molecule has 2 aromatic heterocycles. The van der Waals surface area contributed by atoms with Crippen LogP contribution in [0.25, 0.3) is 10.9 Å². The molecule has 2 aliphatic heterocycles. The van der Waals surface area contributed by atoms with Crippen LogP contribution in [0.15, 0.2) is 42.6 Å². The SMILES string of the molecule is COc1ccc2c(O[C@@H]3C[C@H]4C(=O)N[C@]5(C(=O)NS(=O)(=O)C6(C)CC6)C[C@H]5C=CCCCCC[C@H](NC(=O)c5ccn(C)n5)C(=O)N4C3)cc(OCC(F)(F)F)nc2c1C. The number of pyridine rings is 1. The van der Waals surface area contributed by atoms with Crippen molar-refractivity contribution in [2.45, 2.75) is 106 Å². The zero-order valence-electron chi connectivity index (χ0n) is 33.6. The van der Waals surface area contributed by atoms with Crippen LogP contribution in [-0.4, -0.2) is 107 Å². The molecule has 2 aliphatic carbocycles. The maximum absolute atomic E-state index is 14.7. The highest BCUT2D eigenvalue weighted by molar-refractivity contribution is 7.91. The molecule has 5 atom stereocenters. The van der Waals surface area contributed by atoms with E-state index in [1.54, 1.807) is 45.3 Å². The van der Waals surface area contributed by atoms with Crippen molar-refractivity contribution in [1.29, 1.82) is 0 Å². The molecule has 20 heteroatoms. The Balaban J connectivity index is 1.23. The van der Waals surface area contributed by atoms with Crippen LogP contribution < -0.4 is 29.6 Å². The summed E-state index contributed by atoms with van der Waals surface area (Å²) in [4.78, 5) is 62.1. The van der Waals surface area contributed by atoms with Crippen molar-refractivity contribution < 1.29 is 55.0 Å². The second-order valence-electron chi connectivity index (χ2n) is 16.3. The minimum absolute atomic E-state index is 0.0607. The number of nitrogens with one attached hydrogen (secondary N) is 3. The Kier molecular flexibility index (Phi) is 11.6. The van der Waals surface area contributed by atoms with Gasteiger partial charge in [-0.1, -0.05) is 25.0 Å². The monoisotopic (exact) mass is 859 g/mol. The summed E-state index contributed by atoms with van der Waals surface area (Å²) in [5, 5.41) is 10.2. The molecule has 3 N–H and O–H groups in total. The molecule has 1 aromatic carbocycles. The number of allylic oxidation sites excluding steroid dienone is 1. The number of aryl methyl sites for hydroxylation is 2. The number of fused-ring (bicyclic) bond motifs is 3. The Hall–Kier alpha value is -5.40. The third-order valence-electron chi connectivity index (χ3n) is 11.7. The lowest BCUT2D eigenvalue weighted by Gasteiger charge is -2.30.